The lowest BCUT2D eigenvalue weighted by Crippen LogP contribution is -2.17. The minimum atomic E-state index is 0.0222. The zero-order valence-electron chi connectivity index (χ0n) is 17.3. The molecule has 1 aromatic rings. The van der Waals surface area contributed by atoms with Crippen molar-refractivity contribution in [2.45, 2.75) is 89.9 Å². The smallest absolute Gasteiger partial charge is 0.185 e. The summed E-state index contributed by atoms with van der Waals surface area (Å²) in [5, 5.41) is 0. The van der Waals surface area contributed by atoms with E-state index in [2.05, 4.69) is 25.6 Å². The fraction of sp³-hybridized carbons (Fsp3) is 0.654. The number of hydrogen-bond donors (Lipinski definition) is 0. The number of carbonyl (C=O) groups excluding carboxylic acids is 1. The van der Waals surface area contributed by atoms with Gasteiger partial charge in [0.1, 0.15) is 0 Å². The predicted molar refractivity (Wildman–Crippen MR) is 115 cm³/mol. The molecule has 0 atom stereocenters. The van der Waals surface area contributed by atoms with E-state index in [1.165, 1.54) is 88.7 Å². The molecule has 1 aromatic carbocycles. The van der Waals surface area contributed by atoms with E-state index in [9.17, 15) is 4.79 Å². The topological polar surface area (TPSA) is 17.1 Å². The van der Waals surface area contributed by atoms with Crippen LogP contribution >= 0.6 is 0 Å². The number of rotatable bonds is 8. The van der Waals surface area contributed by atoms with Gasteiger partial charge in [-0.2, -0.15) is 0 Å². The molecule has 0 amide bonds. The Labute approximate surface area is 166 Å². The molecule has 3 rings (SSSR count). The normalized spacial score (nSPS) is 28.6. The van der Waals surface area contributed by atoms with Gasteiger partial charge < -0.3 is 0 Å². The number of ketones is 1. The van der Waals surface area contributed by atoms with Crippen molar-refractivity contribution in [2.24, 2.45) is 17.8 Å². The Morgan fingerprint density at radius 3 is 1.81 bits per heavy atom. The van der Waals surface area contributed by atoms with Crippen LogP contribution in [0.4, 0.5) is 0 Å². The molecule has 0 aromatic heterocycles. The third-order valence-corrected chi connectivity index (χ3v) is 7.35. The van der Waals surface area contributed by atoms with E-state index >= 15 is 0 Å². The van der Waals surface area contributed by atoms with Gasteiger partial charge in [0.25, 0.3) is 0 Å². The van der Waals surface area contributed by atoms with E-state index in [1.54, 1.807) is 0 Å². The minimum Gasteiger partial charge on any atom is -0.289 e. The van der Waals surface area contributed by atoms with Gasteiger partial charge in [0, 0.05) is 5.56 Å². The highest BCUT2D eigenvalue weighted by Gasteiger charge is 2.25. The van der Waals surface area contributed by atoms with E-state index < -0.39 is 0 Å². The Balaban J connectivity index is 1.38. The van der Waals surface area contributed by atoms with Crippen molar-refractivity contribution in [2.75, 3.05) is 0 Å². The molecule has 1 heteroatoms. The van der Waals surface area contributed by atoms with Crippen LogP contribution in [0.25, 0.3) is 0 Å². The Morgan fingerprint density at radius 1 is 0.852 bits per heavy atom. The Hall–Kier alpha value is -1.37. The maximum absolute atomic E-state index is 11.7. The van der Waals surface area contributed by atoms with Crippen molar-refractivity contribution < 1.29 is 4.79 Å². The lowest BCUT2D eigenvalue weighted by Gasteiger charge is -2.32. The van der Waals surface area contributed by atoms with E-state index in [0.717, 1.165) is 23.3 Å². The SMILES string of the molecule is C=CC(=O)c1ccc(C2CCC(CCC3CCC(CCC)CC3)CC2)cc1. The first-order valence-corrected chi connectivity index (χ1v) is 11.5. The van der Waals surface area contributed by atoms with Crippen molar-refractivity contribution in [3.8, 4) is 0 Å². The molecule has 0 N–H and O–H groups in total. The highest BCUT2D eigenvalue weighted by molar-refractivity contribution is 6.04. The average molecular weight is 367 g/mol. The van der Waals surface area contributed by atoms with Crippen molar-refractivity contribution in [1.29, 1.82) is 0 Å². The van der Waals surface area contributed by atoms with Gasteiger partial charge in [0.05, 0.1) is 0 Å². The lowest BCUT2D eigenvalue weighted by molar-refractivity contribution is 0.104. The molecule has 2 aliphatic carbocycles. The maximum atomic E-state index is 11.7. The van der Waals surface area contributed by atoms with Gasteiger partial charge in [-0.05, 0) is 61.0 Å². The fourth-order valence-corrected chi connectivity index (χ4v) is 5.51. The first-order chi connectivity index (χ1) is 13.2. The molecule has 0 bridgehead atoms. The average Bonchev–Trinajstić information content (AvgIpc) is 2.73. The fourth-order valence-electron chi connectivity index (χ4n) is 5.51. The number of benzene rings is 1. The molecule has 0 spiro atoms. The van der Waals surface area contributed by atoms with Crippen LogP contribution in [0.5, 0.6) is 0 Å². The summed E-state index contributed by atoms with van der Waals surface area (Å²) in [5.41, 5.74) is 2.18. The van der Waals surface area contributed by atoms with Crippen LogP contribution < -0.4 is 0 Å². The number of allylic oxidation sites excluding steroid dienone is 1. The molecule has 2 fully saturated rings. The summed E-state index contributed by atoms with van der Waals surface area (Å²) < 4.78 is 0. The van der Waals surface area contributed by atoms with Crippen molar-refractivity contribution in [3.05, 3.63) is 48.0 Å². The summed E-state index contributed by atoms with van der Waals surface area (Å²) in [4.78, 5) is 11.7. The van der Waals surface area contributed by atoms with Gasteiger partial charge in [-0.3, -0.25) is 4.79 Å². The molecule has 2 aliphatic rings. The van der Waals surface area contributed by atoms with Crippen LogP contribution in [0.15, 0.2) is 36.9 Å². The second kappa shape index (κ2) is 10.2. The molecule has 0 heterocycles. The second-order valence-electron chi connectivity index (χ2n) is 9.16. The predicted octanol–water partition coefficient (Wildman–Crippen LogP) is 7.72. The van der Waals surface area contributed by atoms with Crippen molar-refractivity contribution in [3.63, 3.8) is 0 Å². The number of hydrogen-bond acceptors (Lipinski definition) is 1. The van der Waals surface area contributed by atoms with Gasteiger partial charge in [-0.15, -0.1) is 0 Å². The van der Waals surface area contributed by atoms with Gasteiger partial charge in [-0.1, -0.05) is 89.1 Å². The summed E-state index contributed by atoms with van der Waals surface area (Å²) in [6.45, 7) is 5.90. The maximum Gasteiger partial charge on any atom is 0.185 e. The molecule has 27 heavy (non-hydrogen) atoms. The van der Waals surface area contributed by atoms with Crippen LogP contribution in [0.3, 0.4) is 0 Å². The number of carbonyl (C=O) groups is 1. The highest BCUT2D eigenvalue weighted by Crippen LogP contribution is 2.40. The van der Waals surface area contributed by atoms with E-state index in [-0.39, 0.29) is 5.78 Å². The van der Waals surface area contributed by atoms with Crippen LogP contribution in [0, 0.1) is 17.8 Å². The van der Waals surface area contributed by atoms with Crippen LogP contribution in [-0.2, 0) is 0 Å². The van der Waals surface area contributed by atoms with E-state index in [0.29, 0.717) is 5.92 Å². The van der Waals surface area contributed by atoms with Crippen LogP contribution in [0.1, 0.15) is 106 Å². The highest BCUT2D eigenvalue weighted by atomic mass is 16.1. The third-order valence-electron chi connectivity index (χ3n) is 7.35. The molecule has 1 nitrogen and oxygen atoms in total. The Bertz CT molecular complexity index is 583. The van der Waals surface area contributed by atoms with E-state index in [4.69, 9.17) is 0 Å². The van der Waals surface area contributed by atoms with Gasteiger partial charge in [-0.25, -0.2) is 0 Å². The Morgan fingerprint density at radius 2 is 1.33 bits per heavy atom. The Kier molecular flexibility index (Phi) is 7.73. The van der Waals surface area contributed by atoms with Crippen LogP contribution in [-0.4, -0.2) is 5.78 Å². The standard InChI is InChI=1S/C26H38O/c1-3-5-20-6-8-21(9-7-20)10-11-22-12-14-23(15-13-22)24-16-18-25(19-17-24)26(27)4-2/h4,16-23H,2-3,5-15H2,1H3. The summed E-state index contributed by atoms with van der Waals surface area (Å²) in [7, 11) is 0. The summed E-state index contributed by atoms with van der Waals surface area (Å²) in [6.07, 6.45) is 18.6. The molecule has 0 aliphatic heterocycles. The van der Waals surface area contributed by atoms with Crippen molar-refractivity contribution >= 4 is 5.78 Å². The van der Waals surface area contributed by atoms with Crippen molar-refractivity contribution in [1.82, 2.24) is 0 Å². The molecule has 0 radical (unpaired) electrons. The molecule has 148 valence electrons. The summed E-state index contributed by atoms with van der Waals surface area (Å²) in [6, 6.07) is 8.27. The summed E-state index contributed by atoms with van der Waals surface area (Å²) in [5.74, 6) is 3.73. The summed E-state index contributed by atoms with van der Waals surface area (Å²) >= 11 is 0. The molecule has 2 saturated carbocycles. The van der Waals surface area contributed by atoms with Crippen LogP contribution in [0.2, 0.25) is 0 Å². The monoisotopic (exact) mass is 366 g/mol. The van der Waals surface area contributed by atoms with E-state index in [1.807, 2.05) is 12.1 Å². The first kappa shape index (κ1) is 20.4. The third kappa shape index (κ3) is 5.80. The lowest BCUT2D eigenvalue weighted by atomic mass is 9.74. The molecular formula is C26H38O. The minimum absolute atomic E-state index is 0.0222. The molecular weight excluding hydrogens is 328 g/mol. The van der Waals surface area contributed by atoms with Gasteiger partial charge in [0.2, 0.25) is 0 Å². The zero-order valence-corrected chi connectivity index (χ0v) is 17.3. The zero-order chi connectivity index (χ0) is 19.1. The second-order valence-corrected chi connectivity index (χ2v) is 9.16. The van der Waals surface area contributed by atoms with Gasteiger partial charge in [0.15, 0.2) is 5.78 Å². The first-order valence-electron chi connectivity index (χ1n) is 11.5. The molecule has 0 unspecified atom stereocenters. The van der Waals surface area contributed by atoms with Gasteiger partial charge >= 0.3 is 0 Å². The molecule has 0 saturated heterocycles. The largest absolute Gasteiger partial charge is 0.289 e. The quantitative estimate of drug-likeness (QED) is 0.340.